The zero-order valence-electron chi connectivity index (χ0n) is 13.1. The van der Waals surface area contributed by atoms with E-state index in [1.807, 2.05) is 0 Å². The van der Waals surface area contributed by atoms with Gasteiger partial charge in [0.15, 0.2) is 0 Å². The third kappa shape index (κ3) is 4.56. The van der Waals surface area contributed by atoms with Crippen molar-refractivity contribution in [2.24, 2.45) is 0 Å². The molecule has 1 fully saturated rings. The summed E-state index contributed by atoms with van der Waals surface area (Å²) in [7, 11) is 3.45. The van der Waals surface area contributed by atoms with Crippen molar-refractivity contribution in [1.29, 1.82) is 0 Å². The maximum atomic E-state index is 11.6. The standard InChI is InChI=1S/C15H25N3O3/c1-12-14(15(19)20-3)10-13(21-12)11-17(2)8-9-18-6-4-16-5-7-18/h10,16H,4-9,11H2,1-3H3. The molecule has 6 nitrogen and oxygen atoms in total. The summed E-state index contributed by atoms with van der Waals surface area (Å²) >= 11 is 0. The fraction of sp³-hybridized carbons (Fsp3) is 0.667. The van der Waals surface area contributed by atoms with Crippen LogP contribution in [0.3, 0.4) is 0 Å². The van der Waals surface area contributed by atoms with Gasteiger partial charge in [-0.1, -0.05) is 0 Å². The maximum Gasteiger partial charge on any atom is 0.341 e. The Morgan fingerprint density at radius 3 is 2.86 bits per heavy atom. The molecule has 2 heterocycles. The lowest BCUT2D eigenvalue weighted by Gasteiger charge is -2.28. The van der Waals surface area contributed by atoms with Crippen molar-refractivity contribution >= 4 is 5.97 Å². The fourth-order valence-corrected chi connectivity index (χ4v) is 2.53. The van der Waals surface area contributed by atoms with E-state index in [2.05, 4.69) is 22.2 Å². The van der Waals surface area contributed by atoms with Gasteiger partial charge in [-0.15, -0.1) is 0 Å². The van der Waals surface area contributed by atoms with E-state index in [1.54, 1.807) is 13.0 Å². The molecule has 118 valence electrons. The number of likely N-dealkylation sites (N-methyl/N-ethyl adjacent to an activating group) is 1. The van der Waals surface area contributed by atoms with Crippen LogP contribution >= 0.6 is 0 Å². The summed E-state index contributed by atoms with van der Waals surface area (Å²) in [6, 6.07) is 1.78. The number of carbonyl (C=O) groups is 1. The van der Waals surface area contributed by atoms with Crippen molar-refractivity contribution in [2.45, 2.75) is 13.5 Å². The number of methoxy groups -OCH3 is 1. The number of aryl methyl sites for hydroxylation is 1. The van der Waals surface area contributed by atoms with E-state index in [1.165, 1.54) is 7.11 Å². The summed E-state index contributed by atoms with van der Waals surface area (Å²) in [5.41, 5.74) is 0.517. The van der Waals surface area contributed by atoms with Gasteiger partial charge in [0.2, 0.25) is 0 Å². The molecule has 0 atom stereocenters. The number of ether oxygens (including phenoxy) is 1. The molecule has 1 aromatic heterocycles. The van der Waals surface area contributed by atoms with Crippen LogP contribution in [0, 0.1) is 6.92 Å². The molecule has 21 heavy (non-hydrogen) atoms. The molecule has 1 aliphatic rings. The first-order valence-corrected chi connectivity index (χ1v) is 7.39. The molecule has 0 saturated carbocycles. The highest BCUT2D eigenvalue weighted by atomic mass is 16.5. The molecule has 1 aliphatic heterocycles. The van der Waals surface area contributed by atoms with Crippen molar-refractivity contribution in [2.75, 3.05) is 53.4 Å². The summed E-state index contributed by atoms with van der Waals surface area (Å²) in [5, 5.41) is 3.35. The normalized spacial score (nSPS) is 16.4. The van der Waals surface area contributed by atoms with Crippen LogP contribution in [0.1, 0.15) is 21.9 Å². The van der Waals surface area contributed by atoms with E-state index in [9.17, 15) is 4.79 Å². The molecule has 1 aromatic rings. The van der Waals surface area contributed by atoms with Crippen LogP contribution in [-0.2, 0) is 11.3 Å². The predicted molar refractivity (Wildman–Crippen MR) is 80.4 cm³/mol. The minimum atomic E-state index is -0.342. The first kappa shape index (κ1) is 16.0. The van der Waals surface area contributed by atoms with Gasteiger partial charge in [-0.25, -0.2) is 4.79 Å². The second kappa shape index (κ2) is 7.59. The minimum Gasteiger partial charge on any atom is -0.465 e. The predicted octanol–water partition coefficient (Wildman–Crippen LogP) is 0.712. The summed E-state index contributed by atoms with van der Waals surface area (Å²) < 4.78 is 10.4. The first-order valence-electron chi connectivity index (χ1n) is 7.39. The number of hydrogen-bond donors (Lipinski definition) is 1. The van der Waals surface area contributed by atoms with Crippen LogP contribution < -0.4 is 5.32 Å². The zero-order valence-corrected chi connectivity index (χ0v) is 13.1. The molecule has 2 rings (SSSR count). The van der Waals surface area contributed by atoms with Crippen molar-refractivity contribution in [3.05, 3.63) is 23.2 Å². The van der Waals surface area contributed by atoms with Crippen molar-refractivity contribution in [1.82, 2.24) is 15.1 Å². The third-order valence-electron chi connectivity index (χ3n) is 3.81. The van der Waals surface area contributed by atoms with E-state index in [-0.39, 0.29) is 5.97 Å². The second-order valence-corrected chi connectivity index (χ2v) is 5.50. The number of furan rings is 1. The average Bonchev–Trinajstić information content (AvgIpc) is 2.86. The lowest BCUT2D eigenvalue weighted by atomic mass is 10.2. The topological polar surface area (TPSA) is 58.0 Å². The molecule has 0 radical (unpaired) electrons. The number of piperazine rings is 1. The maximum absolute atomic E-state index is 11.6. The van der Waals surface area contributed by atoms with Gasteiger partial charge in [-0.05, 0) is 20.0 Å². The van der Waals surface area contributed by atoms with Gasteiger partial charge in [0.25, 0.3) is 0 Å². The Kier molecular flexibility index (Phi) is 5.78. The van der Waals surface area contributed by atoms with Crippen LogP contribution in [0.5, 0.6) is 0 Å². The SMILES string of the molecule is COC(=O)c1cc(CN(C)CCN2CCNCC2)oc1C. The van der Waals surface area contributed by atoms with Gasteiger partial charge in [0.1, 0.15) is 17.1 Å². The highest BCUT2D eigenvalue weighted by Gasteiger charge is 2.16. The van der Waals surface area contributed by atoms with Crippen LogP contribution in [-0.4, -0.2) is 69.2 Å². The van der Waals surface area contributed by atoms with E-state index < -0.39 is 0 Å². The number of nitrogens with zero attached hydrogens (tertiary/aromatic N) is 2. The van der Waals surface area contributed by atoms with Crippen LogP contribution in [0.25, 0.3) is 0 Å². The largest absolute Gasteiger partial charge is 0.465 e. The fourth-order valence-electron chi connectivity index (χ4n) is 2.53. The Morgan fingerprint density at radius 2 is 2.19 bits per heavy atom. The van der Waals surface area contributed by atoms with Gasteiger partial charge < -0.3 is 14.5 Å². The Balaban J connectivity index is 1.81. The van der Waals surface area contributed by atoms with Crippen LogP contribution in [0.15, 0.2) is 10.5 Å². The molecule has 0 amide bonds. The Labute approximate surface area is 126 Å². The number of carbonyl (C=O) groups excluding carboxylic acids is 1. The molecule has 0 spiro atoms. The highest BCUT2D eigenvalue weighted by molar-refractivity contribution is 5.90. The number of nitrogens with one attached hydrogen (secondary N) is 1. The van der Waals surface area contributed by atoms with Gasteiger partial charge in [-0.2, -0.15) is 0 Å². The number of hydrogen-bond acceptors (Lipinski definition) is 6. The Bertz CT molecular complexity index is 467. The molecule has 0 aromatic carbocycles. The third-order valence-corrected chi connectivity index (χ3v) is 3.81. The molecular weight excluding hydrogens is 270 g/mol. The number of esters is 1. The Morgan fingerprint density at radius 1 is 1.48 bits per heavy atom. The van der Waals surface area contributed by atoms with Gasteiger partial charge in [0.05, 0.1) is 13.7 Å². The summed E-state index contributed by atoms with van der Waals surface area (Å²) in [6.07, 6.45) is 0. The lowest BCUT2D eigenvalue weighted by Crippen LogP contribution is -2.45. The number of rotatable bonds is 6. The van der Waals surface area contributed by atoms with E-state index in [4.69, 9.17) is 9.15 Å². The van der Waals surface area contributed by atoms with E-state index in [0.29, 0.717) is 17.9 Å². The second-order valence-electron chi connectivity index (χ2n) is 5.50. The Hall–Kier alpha value is -1.37. The van der Waals surface area contributed by atoms with Crippen LogP contribution in [0.2, 0.25) is 0 Å². The highest BCUT2D eigenvalue weighted by Crippen LogP contribution is 2.16. The molecule has 1 saturated heterocycles. The van der Waals surface area contributed by atoms with Gasteiger partial charge in [-0.3, -0.25) is 9.80 Å². The summed E-state index contributed by atoms with van der Waals surface area (Å²) in [4.78, 5) is 16.2. The lowest BCUT2D eigenvalue weighted by molar-refractivity contribution is 0.0599. The zero-order chi connectivity index (χ0) is 15.2. The molecule has 0 unspecified atom stereocenters. The average molecular weight is 295 g/mol. The monoisotopic (exact) mass is 295 g/mol. The molecular formula is C15H25N3O3. The molecule has 1 N–H and O–H groups in total. The molecule has 0 aliphatic carbocycles. The smallest absolute Gasteiger partial charge is 0.341 e. The van der Waals surface area contributed by atoms with E-state index in [0.717, 1.165) is 45.0 Å². The van der Waals surface area contributed by atoms with Crippen molar-refractivity contribution in [3.8, 4) is 0 Å². The quantitative estimate of drug-likeness (QED) is 0.780. The van der Waals surface area contributed by atoms with Gasteiger partial charge >= 0.3 is 5.97 Å². The van der Waals surface area contributed by atoms with E-state index >= 15 is 0 Å². The minimum absolute atomic E-state index is 0.342. The van der Waals surface area contributed by atoms with Crippen molar-refractivity contribution in [3.63, 3.8) is 0 Å². The first-order chi connectivity index (χ1) is 10.1. The summed E-state index contributed by atoms with van der Waals surface area (Å²) in [6.45, 7) is 8.89. The van der Waals surface area contributed by atoms with Crippen LogP contribution in [0.4, 0.5) is 0 Å². The summed E-state index contributed by atoms with van der Waals surface area (Å²) in [5.74, 6) is 1.08. The molecule has 0 bridgehead atoms. The molecule has 6 heteroatoms. The van der Waals surface area contributed by atoms with Gasteiger partial charge in [0, 0.05) is 39.3 Å². The van der Waals surface area contributed by atoms with Crippen molar-refractivity contribution < 1.29 is 13.9 Å².